The molecule has 2 amide bonds. The number of likely N-dealkylation sites (N-methyl/N-ethyl adjacent to an activating group) is 1. The molecule has 0 saturated carbocycles. The highest BCUT2D eigenvalue weighted by atomic mass is 16.2. The number of aryl methyl sites for hydroxylation is 1. The lowest BCUT2D eigenvalue weighted by molar-refractivity contribution is 0.0637. The Morgan fingerprint density at radius 3 is 2.46 bits per heavy atom. The number of hydrogen-bond acceptors (Lipinski definition) is 4. The van der Waals surface area contributed by atoms with E-state index < -0.39 is 0 Å². The number of amides is 2. The van der Waals surface area contributed by atoms with Crippen molar-refractivity contribution in [2.45, 2.75) is 20.8 Å². The van der Waals surface area contributed by atoms with Crippen LogP contribution < -0.4 is 4.90 Å². The summed E-state index contributed by atoms with van der Waals surface area (Å²) >= 11 is 0. The Morgan fingerprint density at radius 1 is 1.07 bits per heavy atom. The van der Waals surface area contributed by atoms with Crippen LogP contribution in [0.1, 0.15) is 40.3 Å². The van der Waals surface area contributed by atoms with Crippen molar-refractivity contribution in [2.24, 2.45) is 0 Å². The highest BCUT2D eigenvalue weighted by Gasteiger charge is 2.24. The third kappa shape index (κ3) is 4.39. The van der Waals surface area contributed by atoms with Crippen LogP contribution in [-0.2, 0) is 0 Å². The number of aromatic nitrogens is 1. The van der Waals surface area contributed by atoms with Crippen molar-refractivity contribution in [1.82, 2.24) is 14.8 Å². The highest BCUT2D eigenvalue weighted by Crippen LogP contribution is 2.19. The summed E-state index contributed by atoms with van der Waals surface area (Å²) in [6.45, 7) is 10.7. The van der Waals surface area contributed by atoms with E-state index in [-0.39, 0.29) is 11.8 Å². The lowest BCUT2D eigenvalue weighted by Gasteiger charge is -2.33. The van der Waals surface area contributed by atoms with Crippen molar-refractivity contribution in [1.29, 1.82) is 0 Å². The van der Waals surface area contributed by atoms with E-state index in [0.29, 0.717) is 30.9 Å². The molecule has 0 unspecified atom stereocenters. The summed E-state index contributed by atoms with van der Waals surface area (Å²) in [5.41, 5.74) is 2.76. The van der Waals surface area contributed by atoms with Gasteiger partial charge in [0.2, 0.25) is 0 Å². The van der Waals surface area contributed by atoms with Gasteiger partial charge in [0.1, 0.15) is 5.69 Å². The molecule has 2 aromatic rings. The number of nitrogens with zero attached hydrogens (tertiary/aromatic N) is 4. The van der Waals surface area contributed by atoms with Crippen LogP contribution in [0.15, 0.2) is 42.6 Å². The number of pyridine rings is 1. The summed E-state index contributed by atoms with van der Waals surface area (Å²) in [7, 11) is 0. The maximum atomic E-state index is 13.1. The van der Waals surface area contributed by atoms with E-state index in [1.54, 1.807) is 23.2 Å². The molecule has 0 atom stereocenters. The third-order valence-corrected chi connectivity index (χ3v) is 5.21. The molecule has 0 N–H and O–H groups in total. The van der Waals surface area contributed by atoms with Gasteiger partial charge in [-0.3, -0.25) is 14.6 Å². The second-order valence-electron chi connectivity index (χ2n) is 7.04. The number of anilines is 1. The van der Waals surface area contributed by atoms with Crippen molar-refractivity contribution in [3.63, 3.8) is 0 Å². The fourth-order valence-corrected chi connectivity index (χ4v) is 3.50. The monoisotopic (exact) mass is 380 g/mol. The van der Waals surface area contributed by atoms with Crippen LogP contribution in [0.3, 0.4) is 0 Å². The first kappa shape index (κ1) is 20.0. The minimum absolute atomic E-state index is 0.107. The van der Waals surface area contributed by atoms with E-state index in [9.17, 15) is 9.59 Å². The van der Waals surface area contributed by atoms with Gasteiger partial charge in [-0.1, -0.05) is 19.1 Å². The van der Waals surface area contributed by atoms with Crippen LogP contribution in [0.5, 0.6) is 0 Å². The lowest BCUT2D eigenvalue weighted by Crippen LogP contribution is -2.48. The van der Waals surface area contributed by atoms with Gasteiger partial charge < -0.3 is 14.7 Å². The minimum Gasteiger partial charge on any atom is -0.335 e. The maximum absolute atomic E-state index is 13.1. The summed E-state index contributed by atoms with van der Waals surface area (Å²) in [4.78, 5) is 36.0. The topological polar surface area (TPSA) is 56.8 Å². The average molecular weight is 380 g/mol. The van der Waals surface area contributed by atoms with E-state index in [4.69, 9.17) is 0 Å². The average Bonchev–Trinajstić information content (AvgIpc) is 2.74. The van der Waals surface area contributed by atoms with E-state index in [1.807, 2.05) is 43.0 Å². The first-order valence-corrected chi connectivity index (χ1v) is 9.89. The Balaban J connectivity index is 1.78. The van der Waals surface area contributed by atoms with Gasteiger partial charge in [0.15, 0.2) is 0 Å². The molecule has 6 heteroatoms. The fraction of sp³-hybridized carbons (Fsp3) is 0.409. The molecular formula is C22H28N4O2. The largest absolute Gasteiger partial charge is 0.335 e. The second kappa shape index (κ2) is 8.97. The van der Waals surface area contributed by atoms with Crippen molar-refractivity contribution in [2.75, 3.05) is 44.2 Å². The van der Waals surface area contributed by atoms with Crippen molar-refractivity contribution >= 4 is 17.5 Å². The fourth-order valence-electron chi connectivity index (χ4n) is 3.50. The predicted octanol–water partition coefficient (Wildman–Crippen LogP) is 2.83. The third-order valence-electron chi connectivity index (χ3n) is 5.21. The number of rotatable bonds is 5. The normalized spacial score (nSPS) is 14.8. The first-order chi connectivity index (χ1) is 13.5. The van der Waals surface area contributed by atoms with Crippen LogP contribution in [0.4, 0.5) is 5.69 Å². The number of hydrogen-bond donors (Lipinski definition) is 0. The molecule has 0 bridgehead atoms. The van der Waals surface area contributed by atoms with Crippen molar-refractivity contribution in [3.8, 4) is 0 Å². The van der Waals surface area contributed by atoms with E-state index in [2.05, 4.69) is 16.8 Å². The number of piperazine rings is 1. The summed E-state index contributed by atoms with van der Waals surface area (Å²) in [6, 6.07) is 11.2. The quantitative estimate of drug-likeness (QED) is 0.800. The molecule has 2 heterocycles. The van der Waals surface area contributed by atoms with Crippen molar-refractivity contribution < 1.29 is 9.59 Å². The van der Waals surface area contributed by atoms with Crippen LogP contribution in [-0.4, -0.2) is 65.9 Å². The van der Waals surface area contributed by atoms with Gasteiger partial charge in [-0.25, -0.2) is 0 Å². The standard InChI is InChI=1S/C22H28N4O2/c1-4-24-11-13-25(14-12-24)22(28)20-16-18(9-10-23-20)21(27)26(5-2)19-8-6-7-17(3)15-19/h6-10,15-16H,4-5,11-14H2,1-3H3. The molecule has 148 valence electrons. The van der Waals surface area contributed by atoms with Crippen LogP contribution in [0, 0.1) is 6.92 Å². The van der Waals surface area contributed by atoms with Crippen LogP contribution >= 0.6 is 0 Å². The number of carbonyl (C=O) groups excluding carboxylic acids is 2. The molecule has 6 nitrogen and oxygen atoms in total. The van der Waals surface area contributed by atoms with E-state index in [0.717, 1.165) is 30.9 Å². The summed E-state index contributed by atoms with van der Waals surface area (Å²) in [6.07, 6.45) is 1.55. The molecule has 28 heavy (non-hydrogen) atoms. The molecule has 0 aliphatic carbocycles. The van der Waals surface area contributed by atoms with Gasteiger partial charge in [-0.2, -0.15) is 0 Å². The Labute approximate surface area is 166 Å². The summed E-state index contributed by atoms with van der Waals surface area (Å²) in [5.74, 6) is -0.232. The zero-order valence-corrected chi connectivity index (χ0v) is 16.9. The predicted molar refractivity (Wildman–Crippen MR) is 111 cm³/mol. The molecule has 1 aromatic carbocycles. The van der Waals surface area contributed by atoms with Crippen molar-refractivity contribution in [3.05, 3.63) is 59.4 Å². The zero-order chi connectivity index (χ0) is 20.1. The van der Waals surface area contributed by atoms with Gasteiger partial charge in [0.05, 0.1) is 0 Å². The highest BCUT2D eigenvalue weighted by molar-refractivity contribution is 6.07. The number of carbonyl (C=O) groups is 2. The Kier molecular flexibility index (Phi) is 6.41. The second-order valence-corrected chi connectivity index (χ2v) is 7.04. The van der Waals surface area contributed by atoms with Crippen LogP contribution in [0.2, 0.25) is 0 Å². The Morgan fingerprint density at radius 2 is 1.82 bits per heavy atom. The lowest BCUT2D eigenvalue weighted by atomic mass is 10.1. The minimum atomic E-state index is -0.125. The molecule has 1 saturated heterocycles. The van der Waals surface area contributed by atoms with Gasteiger partial charge in [-0.15, -0.1) is 0 Å². The molecule has 1 aliphatic heterocycles. The maximum Gasteiger partial charge on any atom is 0.272 e. The SMILES string of the molecule is CCN1CCN(C(=O)c2cc(C(=O)N(CC)c3cccc(C)c3)ccn2)CC1. The molecule has 1 aromatic heterocycles. The molecule has 1 aliphatic rings. The number of benzene rings is 1. The Bertz CT molecular complexity index is 844. The summed E-state index contributed by atoms with van der Waals surface area (Å²) < 4.78 is 0. The molecular weight excluding hydrogens is 352 g/mol. The van der Waals surface area contributed by atoms with Gasteiger partial charge in [0.25, 0.3) is 11.8 Å². The van der Waals surface area contributed by atoms with Gasteiger partial charge in [0, 0.05) is 50.2 Å². The molecule has 0 spiro atoms. The molecule has 1 fully saturated rings. The van der Waals surface area contributed by atoms with Gasteiger partial charge >= 0.3 is 0 Å². The van der Waals surface area contributed by atoms with Crippen LogP contribution in [0.25, 0.3) is 0 Å². The summed E-state index contributed by atoms with van der Waals surface area (Å²) in [5, 5.41) is 0. The van der Waals surface area contributed by atoms with Gasteiger partial charge in [-0.05, 0) is 50.2 Å². The van der Waals surface area contributed by atoms with E-state index in [1.165, 1.54) is 0 Å². The Hall–Kier alpha value is -2.73. The molecule has 0 radical (unpaired) electrons. The molecule has 3 rings (SSSR count). The smallest absolute Gasteiger partial charge is 0.272 e. The first-order valence-electron chi connectivity index (χ1n) is 9.89. The van der Waals surface area contributed by atoms with E-state index >= 15 is 0 Å². The zero-order valence-electron chi connectivity index (χ0n) is 16.9.